The highest BCUT2D eigenvalue weighted by molar-refractivity contribution is 5.29. The van der Waals surface area contributed by atoms with E-state index in [4.69, 9.17) is 14.7 Å². The molecule has 0 N–H and O–H groups in total. The molecule has 1 rings (SSSR count). The minimum Gasteiger partial charge on any atom is -0.465 e. The average molecular weight is 247 g/mol. The Hall–Kier alpha value is -1.53. The zero-order chi connectivity index (χ0) is 13.4. The van der Waals surface area contributed by atoms with Gasteiger partial charge in [-0.3, -0.25) is 0 Å². The first-order valence-electron chi connectivity index (χ1n) is 6.42. The fourth-order valence-electron chi connectivity index (χ4n) is 1.61. The van der Waals surface area contributed by atoms with E-state index in [1.807, 2.05) is 25.1 Å². The van der Waals surface area contributed by atoms with Crippen LogP contribution in [-0.2, 0) is 4.74 Å². The van der Waals surface area contributed by atoms with Crippen LogP contribution in [0.1, 0.15) is 45.1 Å². The van der Waals surface area contributed by atoms with E-state index in [1.165, 1.54) is 5.56 Å². The fraction of sp³-hybridized carbons (Fsp3) is 0.533. The van der Waals surface area contributed by atoms with Crippen molar-refractivity contribution < 1.29 is 9.47 Å². The summed E-state index contributed by atoms with van der Waals surface area (Å²) in [7, 11) is 0. The molecule has 98 valence electrons. The lowest BCUT2D eigenvalue weighted by Crippen LogP contribution is -2.16. The summed E-state index contributed by atoms with van der Waals surface area (Å²) in [6.45, 7) is 6.63. The summed E-state index contributed by atoms with van der Waals surface area (Å²) >= 11 is 0. The zero-order valence-electron chi connectivity index (χ0n) is 11.3. The van der Waals surface area contributed by atoms with Gasteiger partial charge in [0.15, 0.2) is 6.29 Å². The molecule has 0 spiro atoms. The predicted octanol–water partition coefficient (Wildman–Crippen LogP) is 3.86. The number of nitrogens with zero attached hydrogens (tertiary/aromatic N) is 1. The maximum absolute atomic E-state index is 8.40. The summed E-state index contributed by atoms with van der Waals surface area (Å²) in [5, 5.41) is 8.40. The van der Waals surface area contributed by atoms with Gasteiger partial charge >= 0.3 is 0 Å². The molecule has 1 aromatic carbocycles. The van der Waals surface area contributed by atoms with Crippen LogP contribution < -0.4 is 4.74 Å². The summed E-state index contributed by atoms with van der Waals surface area (Å²) in [4.78, 5) is 0. The van der Waals surface area contributed by atoms with Crippen molar-refractivity contribution in [2.24, 2.45) is 0 Å². The Morgan fingerprint density at radius 1 is 1.22 bits per heavy atom. The zero-order valence-corrected chi connectivity index (χ0v) is 11.3. The SMILES string of the molecule is CCC(C)c1ccc(OC(C)OCCC#N)cc1. The van der Waals surface area contributed by atoms with Crippen LogP contribution >= 0.6 is 0 Å². The Labute approximate surface area is 109 Å². The van der Waals surface area contributed by atoms with Crippen molar-refractivity contribution in [2.45, 2.75) is 45.8 Å². The van der Waals surface area contributed by atoms with Crippen molar-refractivity contribution in [3.05, 3.63) is 29.8 Å². The van der Waals surface area contributed by atoms with Gasteiger partial charge in [-0.05, 0) is 37.0 Å². The van der Waals surface area contributed by atoms with Crippen molar-refractivity contribution in [1.82, 2.24) is 0 Å². The molecule has 0 aliphatic rings. The Bertz CT molecular complexity index is 380. The lowest BCUT2D eigenvalue weighted by atomic mass is 9.99. The molecular weight excluding hydrogens is 226 g/mol. The molecule has 0 heterocycles. The van der Waals surface area contributed by atoms with Crippen molar-refractivity contribution >= 4 is 0 Å². The van der Waals surface area contributed by atoms with E-state index < -0.39 is 0 Å². The number of benzene rings is 1. The first-order valence-corrected chi connectivity index (χ1v) is 6.42. The monoisotopic (exact) mass is 247 g/mol. The fourth-order valence-corrected chi connectivity index (χ4v) is 1.61. The summed E-state index contributed by atoms with van der Waals surface area (Å²) in [6, 6.07) is 10.1. The van der Waals surface area contributed by atoms with Gasteiger partial charge in [0.1, 0.15) is 5.75 Å². The molecule has 0 saturated carbocycles. The lowest BCUT2D eigenvalue weighted by molar-refractivity contribution is -0.0645. The second kappa shape index (κ2) is 7.73. The van der Waals surface area contributed by atoms with E-state index in [9.17, 15) is 0 Å². The van der Waals surface area contributed by atoms with Crippen LogP contribution in [0, 0.1) is 11.3 Å². The van der Waals surface area contributed by atoms with E-state index >= 15 is 0 Å². The van der Waals surface area contributed by atoms with Gasteiger partial charge in [-0.15, -0.1) is 0 Å². The Kier molecular flexibility index (Phi) is 6.24. The van der Waals surface area contributed by atoms with Gasteiger partial charge in [0.25, 0.3) is 0 Å². The number of rotatable bonds is 7. The number of hydrogen-bond acceptors (Lipinski definition) is 3. The molecule has 0 saturated heterocycles. The largest absolute Gasteiger partial charge is 0.465 e. The first-order chi connectivity index (χ1) is 8.67. The molecule has 2 atom stereocenters. The van der Waals surface area contributed by atoms with Crippen molar-refractivity contribution in [2.75, 3.05) is 6.61 Å². The van der Waals surface area contributed by atoms with Crippen LogP contribution in [0.5, 0.6) is 5.75 Å². The summed E-state index contributed by atoms with van der Waals surface area (Å²) in [5.74, 6) is 1.37. The molecule has 0 amide bonds. The third-order valence-electron chi connectivity index (χ3n) is 2.93. The van der Waals surface area contributed by atoms with Gasteiger partial charge in [-0.2, -0.15) is 5.26 Å². The van der Waals surface area contributed by atoms with Gasteiger partial charge in [-0.1, -0.05) is 26.0 Å². The minimum absolute atomic E-state index is 0.326. The normalized spacial score (nSPS) is 13.7. The lowest BCUT2D eigenvalue weighted by Gasteiger charge is -2.15. The molecule has 1 aromatic rings. The highest BCUT2D eigenvalue weighted by atomic mass is 16.7. The molecule has 0 radical (unpaired) electrons. The van der Waals surface area contributed by atoms with Gasteiger partial charge in [-0.25, -0.2) is 0 Å². The van der Waals surface area contributed by atoms with E-state index in [2.05, 4.69) is 26.0 Å². The molecule has 2 unspecified atom stereocenters. The summed E-state index contributed by atoms with van der Waals surface area (Å²) in [5.41, 5.74) is 1.32. The van der Waals surface area contributed by atoms with Gasteiger partial charge in [0, 0.05) is 0 Å². The predicted molar refractivity (Wildman–Crippen MR) is 71.4 cm³/mol. The average Bonchev–Trinajstić information content (AvgIpc) is 2.39. The molecule has 18 heavy (non-hydrogen) atoms. The van der Waals surface area contributed by atoms with Crippen LogP contribution in [0.2, 0.25) is 0 Å². The summed E-state index contributed by atoms with van der Waals surface area (Å²) < 4.78 is 10.9. The van der Waals surface area contributed by atoms with Crippen LogP contribution in [-0.4, -0.2) is 12.9 Å². The van der Waals surface area contributed by atoms with Crippen molar-refractivity contribution in [3.8, 4) is 11.8 Å². The van der Waals surface area contributed by atoms with Gasteiger partial charge in [0.2, 0.25) is 0 Å². The maximum atomic E-state index is 8.40. The van der Waals surface area contributed by atoms with Gasteiger partial charge in [0.05, 0.1) is 19.1 Å². The van der Waals surface area contributed by atoms with Gasteiger partial charge < -0.3 is 9.47 Å². The highest BCUT2D eigenvalue weighted by Crippen LogP contribution is 2.22. The van der Waals surface area contributed by atoms with E-state index in [0.29, 0.717) is 18.9 Å². The first kappa shape index (κ1) is 14.5. The number of nitriles is 1. The number of hydrogen-bond donors (Lipinski definition) is 0. The standard InChI is InChI=1S/C15H21NO2/c1-4-12(2)14-6-8-15(9-7-14)18-13(3)17-11-5-10-16/h6-9,12-13H,4-5,11H2,1-3H3. The van der Waals surface area contributed by atoms with Crippen molar-refractivity contribution in [3.63, 3.8) is 0 Å². The molecule has 0 aliphatic carbocycles. The van der Waals surface area contributed by atoms with Crippen LogP contribution in [0.25, 0.3) is 0 Å². The Balaban J connectivity index is 2.46. The number of ether oxygens (including phenoxy) is 2. The van der Waals surface area contributed by atoms with Crippen LogP contribution in [0.15, 0.2) is 24.3 Å². The Morgan fingerprint density at radius 2 is 1.89 bits per heavy atom. The molecular formula is C15H21NO2. The topological polar surface area (TPSA) is 42.2 Å². The minimum atomic E-state index is -0.326. The summed E-state index contributed by atoms with van der Waals surface area (Å²) in [6.07, 6.45) is 1.20. The molecule has 3 heteroatoms. The second-order valence-electron chi connectivity index (χ2n) is 4.34. The van der Waals surface area contributed by atoms with Crippen LogP contribution in [0.4, 0.5) is 0 Å². The molecule has 0 bridgehead atoms. The quantitative estimate of drug-likeness (QED) is 0.543. The van der Waals surface area contributed by atoms with E-state index in [1.54, 1.807) is 0 Å². The third kappa shape index (κ3) is 4.77. The van der Waals surface area contributed by atoms with Crippen molar-refractivity contribution in [1.29, 1.82) is 5.26 Å². The van der Waals surface area contributed by atoms with Crippen LogP contribution in [0.3, 0.4) is 0 Å². The molecule has 0 aromatic heterocycles. The highest BCUT2D eigenvalue weighted by Gasteiger charge is 2.06. The molecule has 0 fully saturated rings. The van der Waals surface area contributed by atoms with E-state index in [0.717, 1.165) is 12.2 Å². The molecule has 0 aliphatic heterocycles. The second-order valence-corrected chi connectivity index (χ2v) is 4.34. The van der Waals surface area contributed by atoms with E-state index in [-0.39, 0.29) is 6.29 Å². The maximum Gasteiger partial charge on any atom is 0.197 e. The smallest absolute Gasteiger partial charge is 0.197 e. The Morgan fingerprint density at radius 3 is 2.44 bits per heavy atom. The molecule has 3 nitrogen and oxygen atoms in total. The third-order valence-corrected chi connectivity index (χ3v) is 2.93.